The van der Waals surface area contributed by atoms with Crippen LogP contribution in [0.3, 0.4) is 0 Å². The Morgan fingerprint density at radius 2 is 2.04 bits per heavy atom. The number of rotatable bonds is 5. The lowest BCUT2D eigenvalue weighted by Crippen LogP contribution is -2.22. The average molecular weight is 326 g/mol. The number of hydrogen-bond donors (Lipinski definition) is 0. The lowest BCUT2D eigenvalue weighted by molar-refractivity contribution is 0.626. The second-order valence-corrected chi connectivity index (χ2v) is 5.98. The summed E-state index contributed by atoms with van der Waals surface area (Å²) in [7, 11) is 0. The average Bonchev–Trinajstić information content (AvgIpc) is 2.56. The molecule has 2 aromatic carbocycles. The van der Waals surface area contributed by atoms with Gasteiger partial charge in [0, 0.05) is 12.3 Å². The Morgan fingerprint density at radius 3 is 2.83 bits per heavy atom. The van der Waals surface area contributed by atoms with E-state index in [0.717, 1.165) is 5.56 Å². The first-order valence-electron chi connectivity index (χ1n) is 7.17. The van der Waals surface area contributed by atoms with Crippen molar-refractivity contribution in [3.05, 3.63) is 82.9 Å². The summed E-state index contributed by atoms with van der Waals surface area (Å²) in [6.07, 6.45) is 1.67. The number of hydrogen-bond acceptors (Lipinski definition) is 3. The second-order valence-electron chi connectivity index (χ2n) is 5.03. The van der Waals surface area contributed by atoms with Gasteiger partial charge in [0.1, 0.15) is 5.82 Å². The molecule has 3 rings (SSSR count). The van der Waals surface area contributed by atoms with Gasteiger partial charge in [0.15, 0.2) is 5.16 Å². The van der Waals surface area contributed by atoms with Gasteiger partial charge in [0.05, 0.1) is 10.9 Å². The van der Waals surface area contributed by atoms with Gasteiger partial charge in [0.2, 0.25) is 0 Å². The first-order valence-corrected chi connectivity index (χ1v) is 8.15. The minimum atomic E-state index is -0.266. The molecule has 3 aromatic rings. The zero-order valence-corrected chi connectivity index (χ0v) is 13.2. The molecule has 0 N–H and O–H groups in total. The Labute approximate surface area is 137 Å². The molecule has 0 fully saturated rings. The van der Waals surface area contributed by atoms with Crippen LogP contribution < -0.4 is 5.56 Å². The van der Waals surface area contributed by atoms with Gasteiger partial charge < -0.3 is 0 Å². The Balaban J connectivity index is 2.00. The summed E-state index contributed by atoms with van der Waals surface area (Å²) in [6, 6.07) is 13.7. The fourth-order valence-electron chi connectivity index (χ4n) is 2.32. The van der Waals surface area contributed by atoms with E-state index in [4.69, 9.17) is 0 Å². The normalized spacial score (nSPS) is 10.8. The summed E-state index contributed by atoms with van der Waals surface area (Å²) >= 11 is 1.42. The third kappa shape index (κ3) is 3.35. The molecule has 1 aromatic heterocycles. The van der Waals surface area contributed by atoms with Crippen molar-refractivity contribution in [2.45, 2.75) is 17.5 Å². The third-order valence-electron chi connectivity index (χ3n) is 3.40. The fraction of sp³-hybridized carbons (Fsp3) is 0.111. The fourth-order valence-corrected chi connectivity index (χ4v) is 3.27. The van der Waals surface area contributed by atoms with Gasteiger partial charge in [-0.15, -0.1) is 6.58 Å². The first-order chi connectivity index (χ1) is 11.2. The molecule has 5 heteroatoms. The van der Waals surface area contributed by atoms with Crippen molar-refractivity contribution in [1.82, 2.24) is 9.55 Å². The summed E-state index contributed by atoms with van der Waals surface area (Å²) in [5.74, 6) is 0.276. The smallest absolute Gasteiger partial charge is 0.262 e. The van der Waals surface area contributed by atoms with Crippen LogP contribution in [0.5, 0.6) is 0 Å². The van der Waals surface area contributed by atoms with Crippen molar-refractivity contribution in [3.63, 3.8) is 0 Å². The molecule has 0 unspecified atom stereocenters. The molecular weight excluding hydrogens is 311 g/mol. The lowest BCUT2D eigenvalue weighted by atomic mass is 10.2. The molecule has 1 heterocycles. The van der Waals surface area contributed by atoms with E-state index in [-0.39, 0.29) is 11.4 Å². The molecule has 3 nitrogen and oxygen atoms in total. The van der Waals surface area contributed by atoms with Crippen molar-refractivity contribution in [2.24, 2.45) is 0 Å². The molecule has 0 spiro atoms. The van der Waals surface area contributed by atoms with Gasteiger partial charge in [-0.25, -0.2) is 9.37 Å². The van der Waals surface area contributed by atoms with Crippen LogP contribution in [-0.4, -0.2) is 9.55 Å². The molecule has 0 bridgehead atoms. The molecule has 0 radical (unpaired) electrons. The van der Waals surface area contributed by atoms with E-state index in [1.165, 1.54) is 23.9 Å². The largest absolute Gasteiger partial charge is 0.283 e. The van der Waals surface area contributed by atoms with E-state index in [0.29, 0.717) is 28.4 Å². The number of fused-ring (bicyclic) bond motifs is 1. The van der Waals surface area contributed by atoms with E-state index < -0.39 is 0 Å². The summed E-state index contributed by atoms with van der Waals surface area (Å²) in [5, 5.41) is 1.20. The predicted molar refractivity (Wildman–Crippen MR) is 92.2 cm³/mol. The van der Waals surface area contributed by atoms with Crippen molar-refractivity contribution in [1.29, 1.82) is 0 Å². The molecule has 116 valence electrons. The number of aromatic nitrogens is 2. The van der Waals surface area contributed by atoms with Crippen LogP contribution in [-0.2, 0) is 12.3 Å². The topological polar surface area (TPSA) is 34.9 Å². The van der Waals surface area contributed by atoms with E-state index >= 15 is 0 Å². The van der Waals surface area contributed by atoms with Crippen molar-refractivity contribution in [3.8, 4) is 0 Å². The minimum absolute atomic E-state index is 0.0859. The molecule has 0 saturated heterocycles. The number of nitrogens with zero attached hydrogens (tertiary/aromatic N) is 2. The highest BCUT2D eigenvalue weighted by Crippen LogP contribution is 2.22. The summed E-state index contributed by atoms with van der Waals surface area (Å²) in [4.78, 5) is 17.2. The van der Waals surface area contributed by atoms with Gasteiger partial charge in [-0.2, -0.15) is 0 Å². The molecule has 0 amide bonds. The predicted octanol–water partition coefficient (Wildman–Crippen LogP) is 4.01. The van der Waals surface area contributed by atoms with Gasteiger partial charge in [0.25, 0.3) is 5.56 Å². The zero-order chi connectivity index (χ0) is 16.2. The standard InChI is InChI=1S/C18H15FN2OS/c1-2-10-21-17(22)15-8-3-4-9-16(15)20-18(21)23-12-13-6-5-7-14(19)11-13/h2-9,11H,1,10,12H2. The zero-order valence-electron chi connectivity index (χ0n) is 12.4. The summed E-state index contributed by atoms with van der Waals surface area (Å²) < 4.78 is 14.9. The Kier molecular flexibility index (Phi) is 4.57. The van der Waals surface area contributed by atoms with Crippen LogP contribution in [0.2, 0.25) is 0 Å². The summed E-state index contributed by atoms with van der Waals surface area (Å²) in [6.45, 7) is 4.09. The van der Waals surface area contributed by atoms with E-state index in [1.807, 2.05) is 24.3 Å². The maximum Gasteiger partial charge on any atom is 0.262 e. The van der Waals surface area contributed by atoms with Crippen molar-refractivity contribution < 1.29 is 4.39 Å². The third-order valence-corrected chi connectivity index (χ3v) is 4.44. The Morgan fingerprint density at radius 1 is 1.22 bits per heavy atom. The van der Waals surface area contributed by atoms with Crippen LogP contribution in [0.1, 0.15) is 5.56 Å². The van der Waals surface area contributed by atoms with Gasteiger partial charge >= 0.3 is 0 Å². The highest BCUT2D eigenvalue weighted by molar-refractivity contribution is 7.98. The van der Waals surface area contributed by atoms with Crippen molar-refractivity contribution in [2.75, 3.05) is 0 Å². The monoisotopic (exact) mass is 326 g/mol. The number of allylic oxidation sites excluding steroid dienone is 1. The van der Waals surface area contributed by atoms with E-state index in [2.05, 4.69) is 11.6 Å². The number of thioether (sulfide) groups is 1. The highest BCUT2D eigenvalue weighted by Gasteiger charge is 2.10. The van der Waals surface area contributed by atoms with Gasteiger partial charge in [-0.1, -0.05) is 42.1 Å². The van der Waals surface area contributed by atoms with Gasteiger partial charge in [-0.3, -0.25) is 9.36 Å². The molecule has 0 atom stereocenters. The quantitative estimate of drug-likeness (QED) is 0.404. The van der Waals surface area contributed by atoms with Crippen LogP contribution >= 0.6 is 11.8 Å². The number of halogens is 1. The number of benzene rings is 2. The Bertz CT molecular complexity index is 920. The molecule has 23 heavy (non-hydrogen) atoms. The Hall–Kier alpha value is -2.40. The SMILES string of the molecule is C=CCn1c(SCc2cccc(F)c2)nc2ccccc2c1=O. The van der Waals surface area contributed by atoms with Crippen LogP contribution in [0.15, 0.2) is 71.1 Å². The molecule has 0 aliphatic carbocycles. The molecule has 0 aliphatic rings. The molecule has 0 aliphatic heterocycles. The van der Waals surface area contributed by atoms with Crippen LogP contribution in [0.25, 0.3) is 10.9 Å². The molecule has 0 saturated carbocycles. The van der Waals surface area contributed by atoms with Gasteiger partial charge in [-0.05, 0) is 29.8 Å². The molecular formula is C18H15FN2OS. The van der Waals surface area contributed by atoms with Crippen LogP contribution in [0.4, 0.5) is 4.39 Å². The second kappa shape index (κ2) is 6.79. The van der Waals surface area contributed by atoms with Crippen LogP contribution in [0, 0.1) is 5.82 Å². The summed E-state index contributed by atoms with van der Waals surface area (Å²) in [5.41, 5.74) is 1.43. The number of para-hydroxylation sites is 1. The first kappa shape index (κ1) is 15.5. The minimum Gasteiger partial charge on any atom is -0.283 e. The maximum absolute atomic E-state index is 13.3. The van der Waals surface area contributed by atoms with E-state index in [9.17, 15) is 9.18 Å². The lowest BCUT2D eigenvalue weighted by Gasteiger charge is -2.11. The van der Waals surface area contributed by atoms with E-state index in [1.54, 1.807) is 22.8 Å². The maximum atomic E-state index is 13.3. The van der Waals surface area contributed by atoms with Crippen molar-refractivity contribution >= 4 is 22.7 Å². The highest BCUT2D eigenvalue weighted by atomic mass is 32.2.